The summed E-state index contributed by atoms with van der Waals surface area (Å²) in [6.07, 6.45) is 3.61. The van der Waals surface area contributed by atoms with Gasteiger partial charge in [-0.25, -0.2) is 4.79 Å². The fourth-order valence-electron chi connectivity index (χ4n) is 1.37. The van der Waals surface area contributed by atoms with Gasteiger partial charge in [0.15, 0.2) is 0 Å². The number of allylic oxidation sites excluding steroid dienone is 1. The third kappa shape index (κ3) is 2.86. The van der Waals surface area contributed by atoms with E-state index in [0.29, 0.717) is 18.8 Å². The summed E-state index contributed by atoms with van der Waals surface area (Å²) in [7, 11) is 0. The van der Waals surface area contributed by atoms with Gasteiger partial charge in [0.25, 0.3) is 0 Å². The first kappa shape index (κ1) is 11.9. The quantitative estimate of drug-likeness (QED) is 0.741. The lowest BCUT2D eigenvalue weighted by molar-refractivity contribution is 0.0513. The molecule has 1 rings (SSSR count). The molecule has 0 aliphatic rings. The van der Waals surface area contributed by atoms with Crippen molar-refractivity contribution in [2.45, 2.75) is 20.4 Å². The molecule has 0 radical (unpaired) electrons. The van der Waals surface area contributed by atoms with Crippen LogP contribution in [-0.2, 0) is 11.3 Å². The zero-order valence-corrected chi connectivity index (χ0v) is 9.62. The van der Waals surface area contributed by atoms with Crippen molar-refractivity contribution in [1.29, 1.82) is 0 Å². The second kappa shape index (κ2) is 5.61. The molecule has 0 saturated heterocycles. The Morgan fingerprint density at radius 2 is 2.40 bits per heavy atom. The largest absolute Gasteiger partial charge is 0.461 e. The van der Waals surface area contributed by atoms with Crippen molar-refractivity contribution in [2.24, 2.45) is 0 Å². The molecule has 15 heavy (non-hydrogen) atoms. The Labute approximate surface area is 94.3 Å². The molecule has 0 unspecified atom stereocenters. The minimum absolute atomic E-state index is 0.289. The van der Waals surface area contributed by atoms with Crippen molar-refractivity contribution >= 4 is 17.6 Å². The van der Waals surface area contributed by atoms with Crippen molar-refractivity contribution < 1.29 is 9.53 Å². The third-order valence-electron chi connectivity index (χ3n) is 2.03. The van der Waals surface area contributed by atoms with Crippen LogP contribution in [0.25, 0.3) is 0 Å². The van der Waals surface area contributed by atoms with E-state index in [-0.39, 0.29) is 5.97 Å². The van der Waals surface area contributed by atoms with Gasteiger partial charge in [-0.2, -0.15) is 0 Å². The maximum Gasteiger partial charge on any atom is 0.355 e. The number of aryl methyl sites for hydroxylation is 1. The number of carbonyl (C=O) groups is 1. The predicted molar refractivity (Wildman–Crippen MR) is 60.1 cm³/mol. The highest BCUT2D eigenvalue weighted by Gasteiger charge is 2.14. The topological polar surface area (TPSA) is 31.2 Å². The summed E-state index contributed by atoms with van der Waals surface area (Å²) < 4.78 is 6.78. The number of ether oxygens (including phenoxy) is 1. The van der Waals surface area contributed by atoms with Crippen molar-refractivity contribution in [2.75, 3.05) is 6.61 Å². The molecular weight excluding hydrogens is 214 g/mol. The van der Waals surface area contributed by atoms with Crippen molar-refractivity contribution in [3.63, 3.8) is 0 Å². The van der Waals surface area contributed by atoms with E-state index in [2.05, 4.69) is 0 Å². The van der Waals surface area contributed by atoms with Crippen LogP contribution in [0.2, 0.25) is 0 Å². The minimum atomic E-state index is -0.289. The van der Waals surface area contributed by atoms with Gasteiger partial charge in [-0.05, 0) is 25.5 Å². The Hall–Kier alpha value is -1.22. The fraction of sp³-hybridized carbons (Fsp3) is 0.364. The molecule has 1 aromatic rings. The van der Waals surface area contributed by atoms with Gasteiger partial charge in [0, 0.05) is 18.3 Å². The van der Waals surface area contributed by atoms with Crippen LogP contribution in [0, 0.1) is 6.92 Å². The van der Waals surface area contributed by atoms with E-state index in [9.17, 15) is 4.79 Å². The molecule has 0 atom stereocenters. The number of hydrogen-bond donors (Lipinski definition) is 0. The van der Waals surface area contributed by atoms with Crippen molar-refractivity contribution in [1.82, 2.24) is 4.57 Å². The first-order chi connectivity index (χ1) is 7.20. The summed E-state index contributed by atoms with van der Waals surface area (Å²) in [4.78, 5) is 11.6. The maximum atomic E-state index is 11.6. The van der Waals surface area contributed by atoms with Gasteiger partial charge < -0.3 is 9.30 Å². The number of nitrogens with zero attached hydrogens (tertiary/aromatic N) is 1. The van der Waals surface area contributed by atoms with Gasteiger partial charge in [-0.15, -0.1) is 0 Å². The molecule has 3 nitrogen and oxygen atoms in total. The van der Waals surface area contributed by atoms with E-state index in [1.165, 1.54) is 5.54 Å². The van der Waals surface area contributed by atoms with E-state index in [1.54, 1.807) is 13.0 Å². The van der Waals surface area contributed by atoms with Gasteiger partial charge in [0.2, 0.25) is 0 Å². The zero-order chi connectivity index (χ0) is 11.3. The van der Waals surface area contributed by atoms with Crippen LogP contribution in [0.5, 0.6) is 0 Å². The number of hydrogen-bond acceptors (Lipinski definition) is 2. The molecule has 4 heteroatoms. The van der Waals surface area contributed by atoms with Crippen molar-refractivity contribution in [3.05, 3.63) is 35.1 Å². The predicted octanol–water partition coefficient (Wildman–Crippen LogP) is 2.73. The van der Waals surface area contributed by atoms with Gasteiger partial charge >= 0.3 is 5.97 Å². The molecule has 0 aliphatic carbocycles. The average Bonchev–Trinajstić information content (AvgIpc) is 2.57. The standard InChI is InChI=1S/C11H14ClNO2/c1-3-15-11(14)10-9(2)5-8-13(10)7-4-6-12/h4-6,8H,3,7H2,1-2H3/b6-4+. The van der Waals surface area contributed by atoms with Crippen LogP contribution >= 0.6 is 11.6 Å². The monoisotopic (exact) mass is 227 g/mol. The van der Waals surface area contributed by atoms with Crippen LogP contribution in [0.1, 0.15) is 23.0 Å². The van der Waals surface area contributed by atoms with Gasteiger partial charge in [0.05, 0.1) is 6.61 Å². The third-order valence-corrected chi connectivity index (χ3v) is 2.20. The average molecular weight is 228 g/mol. The highest BCUT2D eigenvalue weighted by atomic mass is 35.5. The molecule has 1 aromatic heterocycles. The van der Waals surface area contributed by atoms with E-state index in [1.807, 2.05) is 23.8 Å². The van der Waals surface area contributed by atoms with Gasteiger partial charge in [-0.3, -0.25) is 0 Å². The molecule has 0 aromatic carbocycles. The number of aromatic nitrogens is 1. The lowest BCUT2D eigenvalue weighted by Crippen LogP contribution is -2.12. The van der Waals surface area contributed by atoms with Gasteiger partial charge in [0.1, 0.15) is 5.69 Å². The van der Waals surface area contributed by atoms with E-state index < -0.39 is 0 Å². The summed E-state index contributed by atoms with van der Waals surface area (Å²) >= 11 is 5.44. The van der Waals surface area contributed by atoms with Crippen molar-refractivity contribution in [3.8, 4) is 0 Å². The molecule has 82 valence electrons. The molecule has 0 saturated carbocycles. The number of halogens is 1. The Kier molecular flexibility index (Phi) is 4.43. The lowest BCUT2D eigenvalue weighted by atomic mass is 10.3. The molecule has 0 spiro atoms. The van der Waals surface area contributed by atoms with Crippen LogP contribution in [0.4, 0.5) is 0 Å². The molecule has 0 aliphatic heterocycles. The second-order valence-corrected chi connectivity index (χ2v) is 3.33. The summed E-state index contributed by atoms with van der Waals surface area (Å²) in [6, 6.07) is 1.88. The van der Waals surface area contributed by atoms with E-state index in [0.717, 1.165) is 5.56 Å². The van der Waals surface area contributed by atoms with E-state index >= 15 is 0 Å². The summed E-state index contributed by atoms with van der Waals surface area (Å²) in [5, 5.41) is 0. The lowest BCUT2D eigenvalue weighted by Gasteiger charge is -2.06. The number of carbonyl (C=O) groups excluding carboxylic acids is 1. The van der Waals surface area contributed by atoms with Gasteiger partial charge in [-0.1, -0.05) is 17.7 Å². The van der Waals surface area contributed by atoms with Crippen LogP contribution in [-0.4, -0.2) is 17.1 Å². The maximum absolute atomic E-state index is 11.6. The molecule has 0 bridgehead atoms. The highest BCUT2D eigenvalue weighted by molar-refractivity contribution is 6.25. The second-order valence-electron chi connectivity index (χ2n) is 3.08. The number of esters is 1. The minimum Gasteiger partial charge on any atom is -0.461 e. The molecule has 1 heterocycles. The summed E-state index contributed by atoms with van der Waals surface area (Å²) in [5.41, 5.74) is 2.94. The summed E-state index contributed by atoms with van der Waals surface area (Å²) in [6.45, 7) is 4.63. The molecule has 0 fully saturated rings. The Morgan fingerprint density at radius 1 is 1.67 bits per heavy atom. The molecular formula is C11H14ClNO2. The van der Waals surface area contributed by atoms with Crippen LogP contribution in [0.15, 0.2) is 23.9 Å². The normalized spacial score (nSPS) is 10.9. The highest BCUT2D eigenvalue weighted by Crippen LogP contribution is 2.11. The Bertz CT molecular complexity index is 369. The SMILES string of the molecule is CCOC(=O)c1c(C)ccn1C/C=C/Cl. The zero-order valence-electron chi connectivity index (χ0n) is 8.87. The smallest absolute Gasteiger partial charge is 0.355 e. The van der Waals surface area contributed by atoms with Crippen LogP contribution in [0.3, 0.4) is 0 Å². The first-order valence-electron chi connectivity index (χ1n) is 4.78. The Balaban J connectivity index is 2.93. The Morgan fingerprint density at radius 3 is 3.00 bits per heavy atom. The summed E-state index contributed by atoms with van der Waals surface area (Å²) in [5.74, 6) is -0.289. The molecule has 0 amide bonds. The first-order valence-corrected chi connectivity index (χ1v) is 5.22. The molecule has 0 N–H and O–H groups in total. The number of rotatable bonds is 4. The van der Waals surface area contributed by atoms with E-state index in [4.69, 9.17) is 16.3 Å². The fourth-order valence-corrected chi connectivity index (χ4v) is 1.44. The van der Waals surface area contributed by atoms with Crippen LogP contribution < -0.4 is 0 Å².